The maximum Gasteiger partial charge on any atom is 0.251 e. The maximum atomic E-state index is 14.3. The van der Waals surface area contributed by atoms with E-state index in [-0.39, 0.29) is 12.5 Å². The molecule has 1 aromatic carbocycles. The van der Waals surface area contributed by atoms with Crippen LogP contribution in [0, 0.1) is 0 Å². The van der Waals surface area contributed by atoms with Gasteiger partial charge in [-0.15, -0.1) is 0 Å². The summed E-state index contributed by atoms with van der Waals surface area (Å²) in [5, 5.41) is 2.96. The van der Waals surface area contributed by atoms with Crippen LogP contribution >= 0.6 is 0 Å². The van der Waals surface area contributed by atoms with Gasteiger partial charge in [-0.25, -0.2) is 14.4 Å². The molecule has 0 bridgehead atoms. The summed E-state index contributed by atoms with van der Waals surface area (Å²) in [4.78, 5) is 31.3. The number of dihydropyridines is 1. The largest absolute Gasteiger partial charge is 0.373 e. The van der Waals surface area contributed by atoms with Gasteiger partial charge in [-0.3, -0.25) is 14.8 Å². The van der Waals surface area contributed by atoms with Crippen LogP contribution in [0.5, 0.6) is 0 Å². The van der Waals surface area contributed by atoms with Crippen molar-refractivity contribution in [3.63, 3.8) is 0 Å². The van der Waals surface area contributed by atoms with E-state index in [1.165, 1.54) is 0 Å². The quantitative estimate of drug-likeness (QED) is 0.582. The van der Waals surface area contributed by atoms with Crippen molar-refractivity contribution in [1.82, 2.24) is 15.3 Å². The van der Waals surface area contributed by atoms with E-state index in [4.69, 9.17) is 14.7 Å². The van der Waals surface area contributed by atoms with Crippen LogP contribution in [0.1, 0.15) is 71.1 Å². The van der Waals surface area contributed by atoms with Crippen LogP contribution in [-0.2, 0) is 11.3 Å². The molecule has 1 atom stereocenters. The van der Waals surface area contributed by atoms with Gasteiger partial charge >= 0.3 is 0 Å². The Morgan fingerprint density at radius 3 is 2.92 bits per heavy atom. The molecule has 1 amide bonds. The molecule has 1 aromatic heterocycles. The monoisotopic (exact) mass is 499 g/mol. The van der Waals surface area contributed by atoms with Gasteiger partial charge in [0.25, 0.3) is 5.91 Å². The minimum atomic E-state index is -1.22. The van der Waals surface area contributed by atoms with Crippen LogP contribution in [0.15, 0.2) is 76.2 Å². The normalized spacial score (nSPS) is 21.6. The van der Waals surface area contributed by atoms with Crippen molar-refractivity contribution in [3.05, 3.63) is 94.2 Å². The van der Waals surface area contributed by atoms with E-state index < -0.39 is 6.17 Å². The summed E-state index contributed by atoms with van der Waals surface area (Å²) >= 11 is 0. The highest BCUT2D eigenvalue weighted by molar-refractivity contribution is 6.20. The number of aliphatic imine (C=N–C) groups is 2. The first kappa shape index (κ1) is 24.9. The molecule has 1 saturated carbocycles. The number of halogens is 1. The molecule has 1 N–H and O–H groups in total. The van der Waals surface area contributed by atoms with Gasteiger partial charge < -0.3 is 10.1 Å². The molecule has 2 aromatic rings. The summed E-state index contributed by atoms with van der Waals surface area (Å²) in [5.41, 5.74) is 6.55. The Balaban J connectivity index is 1.34. The fraction of sp³-hybridized carbons (Fsp3) is 0.345. The van der Waals surface area contributed by atoms with Crippen molar-refractivity contribution >= 4 is 17.3 Å². The average Bonchev–Trinajstić information content (AvgIpc) is 3.78. The molecule has 0 spiro atoms. The van der Waals surface area contributed by atoms with E-state index in [9.17, 15) is 9.18 Å². The Bertz CT molecular complexity index is 1350. The average molecular weight is 500 g/mol. The molecule has 2 aliphatic heterocycles. The summed E-state index contributed by atoms with van der Waals surface area (Å²) in [7, 11) is 1.73. The molecule has 5 rings (SSSR count). The van der Waals surface area contributed by atoms with E-state index in [0.717, 1.165) is 53.2 Å². The predicted octanol–water partition coefficient (Wildman–Crippen LogP) is 4.97. The zero-order valence-electron chi connectivity index (χ0n) is 21.1. The lowest BCUT2D eigenvalue weighted by Crippen LogP contribution is -2.26. The van der Waals surface area contributed by atoms with Gasteiger partial charge in [-0.2, -0.15) is 0 Å². The number of nitrogens with zero attached hydrogens (tertiary/aromatic N) is 4. The van der Waals surface area contributed by atoms with Crippen LogP contribution < -0.4 is 5.32 Å². The van der Waals surface area contributed by atoms with Crippen LogP contribution in [-0.4, -0.2) is 47.5 Å². The topological polar surface area (TPSA) is 88.8 Å². The molecule has 8 heteroatoms. The molecule has 190 valence electrons. The summed E-state index contributed by atoms with van der Waals surface area (Å²) in [5.74, 6) is 0.247. The molecule has 1 aliphatic carbocycles. The highest BCUT2D eigenvalue weighted by Gasteiger charge is 2.26. The minimum Gasteiger partial charge on any atom is -0.373 e. The number of benzene rings is 1. The lowest BCUT2D eigenvalue weighted by molar-refractivity contribution is 0.0512. The molecule has 1 fully saturated rings. The SMILES string of the molecule is CC/C=C(/C=C1/N=C(c2cncc(C3CC3)n2)C=CC1=NC)CNC(=O)c1ccc2c(c1)C(F)COC2. The number of ether oxygens (including phenoxy) is 1. The molecular formula is C29H30FN5O2. The highest BCUT2D eigenvalue weighted by atomic mass is 19.1. The fourth-order valence-electron chi connectivity index (χ4n) is 4.41. The van der Waals surface area contributed by atoms with Gasteiger partial charge in [0.05, 0.1) is 42.2 Å². The van der Waals surface area contributed by atoms with E-state index in [1.807, 2.05) is 37.4 Å². The third-order valence-electron chi connectivity index (χ3n) is 6.56. The second-order valence-corrected chi connectivity index (χ2v) is 9.34. The standard InChI is InChI=1S/C29H30FN5O2/c1-3-4-18(13-33-29(36)20-7-8-21-16-37-17-23(30)22(21)12-20)11-26-24(31-2)9-10-25(34-26)28-15-32-14-27(35-28)19-5-6-19/h4,7-12,14-15,19,23H,3,5-6,13,16-17H2,1-2H3,(H,33,36)/b18-4-,26-11+,31-24?. The molecule has 1 unspecified atom stereocenters. The van der Waals surface area contributed by atoms with Gasteiger partial charge in [0.2, 0.25) is 0 Å². The van der Waals surface area contributed by atoms with Gasteiger partial charge in [0.1, 0.15) is 11.9 Å². The molecule has 0 saturated heterocycles. The van der Waals surface area contributed by atoms with Gasteiger partial charge in [0, 0.05) is 31.3 Å². The Hall–Kier alpha value is -3.78. The number of carbonyl (C=O) groups excluding carboxylic acids is 1. The van der Waals surface area contributed by atoms with Crippen molar-refractivity contribution in [3.8, 4) is 0 Å². The van der Waals surface area contributed by atoms with Gasteiger partial charge in [0.15, 0.2) is 0 Å². The third kappa shape index (κ3) is 5.80. The lowest BCUT2D eigenvalue weighted by Gasteiger charge is -2.20. The number of carbonyl (C=O) groups is 1. The maximum absolute atomic E-state index is 14.3. The molecule has 37 heavy (non-hydrogen) atoms. The molecule has 0 radical (unpaired) electrons. The number of nitrogens with one attached hydrogen (secondary N) is 1. The zero-order valence-corrected chi connectivity index (χ0v) is 21.1. The third-order valence-corrected chi connectivity index (χ3v) is 6.56. The van der Waals surface area contributed by atoms with Crippen molar-refractivity contribution in [2.75, 3.05) is 20.2 Å². The Labute approximate surface area is 216 Å². The van der Waals surface area contributed by atoms with Crippen molar-refractivity contribution in [1.29, 1.82) is 0 Å². The first-order valence-electron chi connectivity index (χ1n) is 12.7. The summed E-state index contributed by atoms with van der Waals surface area (Å²) < 4.78 is 19.5. The first-order valence-corrected chi connectivity index (χ1v) is 12.7. The second kappa shape index (κ2) is 11.1. The second-order valence-electron chi connectivity index (χ2n) is 9.34. The van der Waals surface area contributed by atoms with E-state index in [2.05, 4.69) is 15.3 Å². The highest BCUT2D eigenvalue weighted by Crippen LogP contribution is 2.38. The number of hydrogen-bond donors (Lipinski definition) is 1. The number of amides is 1. The molecule has 3 aliphatic rings. The van der Waals surface area contributed by atoms with E-state index in [0.29, 0.717) is 35.9 Å². The molecule has 3 heterocycles. The number of aromatic nitrogens is 2. The van der Waals surface area contributed by atoms with Crippen molar-refractivity contribution in [2.45, 2.75) is 44.9 Å². The minimum absolute atomic E-state index is 0.0176. The summed E-state index contributed by atoms with van der Waals surface area (Å²) in [6.07, 6.45) is 13.3. The van der Waals surface area contributed by atoms with Crippen LogP contribution in [0.3, 0.4) is 0 Å². The van der Waals surface area contributed by atoms with Crippen molar-refractivity contribution in [2.24, 2.45) is 9.98 Å². The Morgan fingerprint density at radius 2 is 2.14 bits per heavy atom. The van der Waals surface area contributed by atoms with Crippen molar-refractivity contribution < 1.29 is 13.9 Å². The molecule has 7 nitrogen and oxygen atoms in total. The van der Waals surface area contributed by atoms with Crippen LogP contribution in [0.4, 0.5) is 4.39 Å². The number of fused-ring (bicyclic) bond motifs is 1. The first-order chi connectivity index (χ1) is 18.1. The summed E-state index contributed by atoms with van der Waals surface area (Å²) in [6.45, 7) is 2.72. The van der Waals surface area contributed by atoms with Crippen LogP contribution in [0.25, 0.3) is 0 Å². The molecular weight excluding hydrogens is 469 g/mol. The number of allylic oxidation sites excluding steroid dienone is 3. The number of alkyl halides is 1. The summed E-state index contributed by atoms with van der Waals surface area (Å²) in [6, 6.07) is 5.09. The zero-order chi connectivity index (χ0) is 25.8. The van der Waals surface area contributed by atoms with Gasteiger partial charge in [-0.05, 0) is 66.3 Å². The van der Waals surface area contributed by atoms with Gasteiger partial charge in [-0.1, -0.05) is 19.1 Å². The van der Waals surface area contributed by atoms with Crippen LogP contribution in [0.2, 0.25) is 0 Å². The smallest absolute Gasteiger partial charge is 0.251 e. The fourth-order valence-corrected chi connectivity index (χ4v) is 4.41. The van der Waals surface area contributed by atoms with E-state index >= 15 is 0 Å². The lowest BCUT2D eigenvalue weighted by atomic mass is 9.98. The Morgan fingerprint density at radius 1 is 1.27 bits per heavy atom. The Kier molecular flexibility index (Phi) is 7.46. The van der Waals surface area contributed by atoms with E-state index in [1.54, 1.807) is 31.4 Å². The number of hydrogen-bond acceptors (Lipinski definition) is 6. The predicted molar refractivity (Wildman–Crippen MR) is 142 cm³/mol. The number of rotatable bonds is 7.